The SMILES string of the molecule is CSC1(CN2CC(=O)NC2=O)CCCC1. The van der Waals surface area contributed by atoms with Gasteiger partial charge in [0.2, 0.25) is 5.91 Å². The summed E-state index contributed by atoms with van der Waals surface area (Å²) < 4.78 is 0.196. The van der Waals surface area contributed by atoms with Crippen molar-refractivity contribution in [1.29, 1.82) is 0 Å². The van der Waals surface area contributed by atoms with Crippen LogP contribution >= 0.6 is 11.8 Å². The molecule has 1 N–H and O–H groups in total. The van der Waals surface area contributed by atoms with Crippen molar-refractivity contribution in [2.45, 2.75) is 30.4 Å². The minimum Gasteiger partial charge on any atom is -0.314 e. The highest BCUT2D eigenvalue weighted by atomic mass is 32.2. The van der Waals surface area contributed by atoms with Crippen LogP contribution < -0.4 is 5.32 Å². The number of thioether (sulfide) groups is 1. The second-order valence-electron chi connectivity index (χ2n) is 4.30. The Morgan fingerprint density at radius 1 is 1.40 bits per heavy atom. The fraction of sp³-hybridized carbons (Fsp3) is 0.800. The second kappa shape index (κ2) is 4.04. The number of carbonyl (C=O) groups excluding carboxylic acids is 2. The summed E-state index contributed by atoms with van der Waals surface area (Å²) in [6.07, 6.45) is 6.90. The molecule has 0 unspecified atom stereocenters. The number of urea groups is 1. The van der Waals surface area contributed by atoms with Crippen LogP contribution in [0.1, 0.15) is 25.7 Å². The smallest absolute Gasteiger partial charge is 0.314 e. The van der Waals surface area contributed by atoms with E-state index in [0.29, 0.717) is 6.54 Å². The maximum absolute atomic E-state index is 11.4. The van der Waals surface area contributed by atoms with Gasteiger partial charge in [-0.1, -0.05) is 12.8 Å². The molecule has 0 spiro atoms. The first-order chi connectivity index (χ1) is 7.15. The summed E-state index contributed by atoms with van der Waals surface area (Å²) in [7, 11) is 0. The van der Waals surface area contributed by atoms with Crippen LogP contribution in [-0.4, -0.2) is 40.9 Å². The summed E-state index contributed by atoms with van der Waals surface area (Å²) in [5.74, 6) is -0.172. The van der Waals surface area contributed by atoms with E-state index in [9.17, 15) is 9.59 Å². The van der Waals surface area contributed by atoms with Crippen molar-refractivity contribution in [2.24, 2.45) is 0 Å². The number of amides is 3. The molecule has 0 aromatic rings. The highest BCUT2D eigenvalue weighted by Crippen LogP contribution is 2.40. The maximum atomic E-state index is 11.4. The molecule has 84 valence electrons. The van der Waals surface area contributed by atoms with E-state index in [1.165, 1.54) is 12.8 Å². The van der Waals surface area contributed by atoms with Gasteiger partial charge in [0, 0.05) is 11.3 Å². The predicted molar refractivity (Wildman–Crippen MR) is 59.8 cm³/mol. The van der Waals surface area contributed by atoms with E-state index >= 15 is 0 Å². The molecule has 2 fully saturated rings. The van der Waals surface area contributed by atoms with Gasteiger partial charge in [-0.15, -0.1) is 0 Å². The average Bonchev–Trinajstić information content (AvgIpc) is 2.76. The summed E-state index contributed by atoms with van der Waals surface area (Å²) in [6.45, 7) is 0.951. The Hall–Kier alpha value is -0.710. The summed E-state index contributed by atoms with van der Waals surface area (Å²) in [5.41, 5.74) is 0. The van der Waals surface area contributed by atoms with Gasteiger partial charge in [-0.3, -0.25) is 10.1 Å². The summed E-state index contributed by atoms with van der Waals surface area (Å²) in [4.78, 5) is 24.1. The monoisotopic (exact) mass is 228 g/mol. The van der Waals surface area contributed by atoms with Crippen LogP contribution in [0.2, 0.25) is 0 Å². The van der Waals surface area contributed by atoms with Crippen LogP contribution in [0.5, 0.6) is 0 Å². The third-order valence-electron chi connectivity index (χ3n) is 3.29. The van der Waals surface area contributed by atoms with Crippen LogP contribution in [0.4, 0.5) is 4.79 Å². The lowest BCUT2D eigenvalue weighted by Crippen LogP contribution is -2.40. The van der Waals surface area contributed by atoms with Crippen LogP contribution in [0.3, 0.4) is 0 Å². The van der Waals surface area contributed by atoms with Gasteiger partial charge in [-0.05, 0) is 19.1 Å². The normalized spacial score (nSPS) is 24.7. The number of nitrogens with zero attached hydrogens (tertiary/aromatic N) is 1. The van der Waals surface area contributed by atoms with E-state index in [0.717, 1.165) is 12.8 Å². The summed E-state index contributed by atoms with van der Waals surface area (Å²) in [5, 5.41) is 2.32. The van der Waals surface area contributed by atoms with Crippen molar-refractivity contribution < 1.29 is 9.59 Å². The molecule has 15 heavy (non-hydrogen) atoms. The minimum atomic E-state index is -0.222. The van der Waals surface area contributed by atoms with Crippen molar-refractivity contribution in [3.05, 3.63) is 0 Å². The van der Waals surface area contributed by atoms with E-state index in [4.69, 9.17) is 0 Å². The molecule has 4 nitrogen and oxygen atoms in total. The molecule has 1 saturated carbocycles. The van der Waals surface area contributed by atoms with Crippen LogP contribution in [0, 0.1) is 0 Å². The molecule has 5 heteroatoms. The number of imide groups is 1. The fourth-order valence-electron chi connectivity index (χ4n) is 2.40. The zero-order chi connectivity index (χ0) is 10.9. The lowest BCUT2D eigenvalue weighted by molar-refractivity contribution is -0.118. The average molecular weight is 228 g/mol. The molecule has 3 amide bonds. The minimum absolute atomic E-state index is 0.172. The van der Waals surface area contributed by atoms with Crippen molar-refractivity contribution in [1.82, 2.24) is 10.2 Å². The molecular formula is C10H16N2O2S. The Balaban J connectivity index is 2.01. The van der Waals surface area contributed by atoms with Gasteiger partial charge >= 0.3 is 6.03 Å². The predicted octanol–water partition coefficient (Wildman–Crippen LogP) is 1.21. The van der Waals surface area contributed by atoms with E-state index < -0.39 is 0 Å². The quantitative estimate of drug-likeness (QED) is 0.739. The van der Waals surface area contributed by atoms with Gasteiger partial charge in [0.1, 0.15) is 6.54 Å². The molecule has 0 aromatic carbocycles. The van der Waals surface area contributed by atoms with Crippen molar-refractivity contribution in [3.63, 3.8) is 0 Å². The Kier molecular flexibility index (Phi) is 2.91. The van der Waals surface area contributed by atoms with Gasteiger partial charge in [-0.2, -0.15) is 11.8 Å². The van der Waals surface area contributed by atoms with Crippen molar-refractivity contribution >= 4 is 23.7 Å². The Bertz CT molecular complexity index is 287. The molecule has 1 aliphatic carbocycles. The molecule has 0 atom stereocenters. The fourth-order valence-corrected chi connectivity index (χ4v) is 3.39. The first kappa shape index (κ1) is 10.8. The summed E-state index contributed by atoms with van der Waals surface area (Å²) in [6, 6.07) is -0.222. The third-order valence-corrected chi connectivity index (χ3v) is 4.70. The van der Waals surface area contributed by atoms with Crippen LogP contribution in [0.25, 0.3) is 0 Å². The zero-order valence-electron chi connectivity index (χ0n) is 8.91. The largest absolute Gasteiger partial charge is 0.324 e. The molecule has 1 saturated heterocycles. The molecule has 0 radical (unpaired) electrons. The standard InChI is InChI=1S/C10H16N2O2S/c1-15-10(4-2-3-5-10)7-12-6-8(13)11-9(12)14/h2-7H2,1H3,(H,11,13,14). The molecule has 1 heterocycles. The number of nitrogens with one attached hydrogen (secondary N) is 1. The van der Waals surface area contributed by atoms with E-state index in [-0.39, 0.29) is 23.2 Å². The summed E-state index contributed by atoms with van der Waals surface area (Å²) >= 11 is 1.84. The number of hydrogen-bond acceptors (Lipinski definition) is 3. The molecule has 0 aromatic heterocycles. The van der Waals surface area contributed by atoms with Crippen molar-refractivity contribution in [3.8, 4) is 0 Å². The molecular weight excluding hydrogens is 212 g/mol. The van der Waals surface area contributed by atoms with Gasteiger partial charge in [0.15, 0.2) is 0 Å². The first-order valence-corrected chi connectivity index (χ1v) is 6.52. The van der Waals surface area contributed by atoms with E-state index in [2.05, 4.69) is 11.6 Å². The van der Waals surface area contributed by atoms with Crippen molar-refractivity contribution in [2.75, 3.05) is 19.3 Å². The zero-order valence-corrected chi connectivity index (χ0v) is 9.73. The Morgan fingerprint density at radius 3 is 2.53 bits per heavy atom. The van der Waals surface area contributed by atoms with E-state index in [1.54, 1.807) is 4.90 Å². The van der Waals surface area contributed by atoms with E-state index in [1.807, 2.05) is 11.8 Å². The van der Waals surface area contributed by atoms with Crippen LogP contribution in [-0.2, 0) is 4.79 Å². The molecule has 1 aliphatic heterocycles. The van der Waals surface area contributed by atoms with Crippen LogP contribution in [0.15, 0.2) is 0 Å². The number of carbonyl (C=O) groups is 2. The highest BCUT2D eigenvalue weighted by Gasteiger charge is 2.38. The van der Waals surface area contributed by atoms with Gasteiger partial charge in [0.25, 0.3) is 0 Å². The first-order valence-electron chi connectivity index (χ1n) is 5.29. The Labute approximate surface area is 93.8 Å². The lowest BCUT2D eigenvalue weighted by atomic mass is 10.1. The molecule has 2 aliphatic rings. The second-order valence-corrected chi connectivity index (χ2v) is 5.58. The number of hydrogen-bond donors (Lipinski definition) is 1. The highest BCUT2D eigenvalue weighted by molar-refractivity contribution is 8.00. The lowest BCUT2D eigenvalue weighted by Gasteiger charge is -2.30. The van der Waals surface area contributed by atoms with Gasteiger partial charge < -0.3 is 4.90 Å². The number of rotatable bonds is 3. The van der Waals surface area contributed by atoms with Gasteiger partial charge in [0.05, 0.1) is 0 Å². The third kappa shape index (κ3) is 2.12. The maximum Gasteiger partial charge on any atom is 0.324 e. The topological polar surface area (TPSA) is 49.4 Å². The molecule has 0 bridgehead atoms. The molecule has 2 rings (SSSR count). The Morgan fingerprint density at radius 2 is 2.07 bits per heavy atom. The van der Waals surface area contributed by atoms with Gasteiger partial charge in [-0.25, -0.2) is 4.79 Å².